The van der Waals surface area contributed by atoms with Gasteiger partial charge in [-0.2, -0.15) is 4.98 Å². The van der Waals surface area contributed by atoms with Crippen LogP contribution < -0.4 is 5.32 Å². The number of aliphatic hydroxyl groups excluding tert-OH is 1. The zero-order chi connectivity index (χ0) is 16.7. The highest BCUT2D eigenvalue weighted by molar-refractivity contribution is 5.58. The molecule has 0 fully saturated rings. The molecule has 1 unspecified atom stereocenters. The van der Waals surface area contributed by atoms with E-state index >= 15 is 0 Å². The average Bonchev–Trinajstić information content (AvgIpc) is 3.27. The van der Waals surface area contributed by atoms with Crippen LogP contribution in [0.5, 0.6) is 0 Å². The Labute approximate surface area is 138 Å². The Kier molecular flexibility index (Phi) is 3.62. The Morgan fingerprint density at radius 1 is 1.42 bits per heavy atom. The monoisotopic (exact) mass is 326 g/mol. The number of rotatable bonds is 4. The first-order chi connectivity index (χ1) is 11.6. The van der Waals surface area contributed by atoms with Gasteiger partial charge in [-0.25, -0.2) is 0 Å². The average molecular weight is 326 g/mol. The van der Waals surface area contributed by atoms with Gasteiger partial charge in [0.25, 0.3) is 0 Å². The number of aryl methyl sites for hydroxylation is 3. The Balaban J connectivity index is 1.55. The number of nitrogens with one attached hydrogen (secondary N) is 1. The highest BCUT2D eigenvalue weighted by Crippen LogP contribution is 2.34. The van der Waals surface area contributed by atoms with Crippen molar-refractivity contribution in [1.82, 2.24) is 30.2 Å². The Hall–Kier alpha value is -2.58. The fraction of sp³-hybridized carbons (Fsp3) is 0.375. The summed E-state index contributed by atoms with van der Waals surface area (Å²) in [5.41, 5.74) is 3.36. The normalized spacial score (nSPS) is 17.9. The van der Waals surface area contributed by atoms with Crippen LogP contribution in [-0.4, -0.2) is 30.0 Å². The van der Waals surface area contributed by atoms with Crippen LogP contribution in [0.3, 0.4) is 0 Å². The summed E-state index contributed by atoms with van der Waals surface area (Å²) in [7, 11) is 1.81. The number of fused-ring (bicyclic) bond motifs is 1. The van der Waals surface area contributed by atoms with Crippen LogP contribution in [0.25, 0.3) is 11.4 Å². The van der Waals surface area contributed by atoms with E-state index in [9.17, 15) is 5.11 Å². The molecule has 0 spiro atoms. The summed E-state index contributed by atoms with van der Waals surface area (Å²) in [6.07, 6.45) is 2.57. The molecule has 0 aliphatic heterocycles. The molecule has 1 aliphatic rings. The van der Waals surface area contributed by atoms with Gasteiger partial charge >= 0.3 is 0 Å². The molecular formula is C16H18N6O2. The van der Waals surface area contributed by atoms with Crippen LogP contribution >= 0.6 is 0 Å². The van der Waals surface area contributed by atoms with Gasteiger partial charge < -0.3 is 14.2 Å². The molecule has 0 saturated heterocycles. The number of aliphatic hydroxyl groups is 1. The highest BCUT2D eigenvalue weighted by Gasteiger charge is 2.26. The lowest BCUT2D eigenvalue weighted by atomic mass is 10.0. The number of hydrogen-bond donors (Lipinski definition) is 2. The van der Waals surface area contributed by atoms with E-state index in [4.69, 9.17) is 4.52 Å². The van der Waals surface area contributed by atoms with Crippen molar-refractivity contribution < 1.29 is 9.63 Å². The largest absolute Gasteiger partial charge is 0.371 e. The maximum Gasteiger partial charge on any atom is 0.223 e. The lowest BCUT2D eigenvalue weighted by Crippen LogP contribution is -2.27. The molecule has 2 N–H and O–H groups in total. The van der Waals surface area contributed by atoms with Gasteiger partial charge in [0, 0.05) is 25.6 Å². The van der Waals surface area contributed by atoms with Crippen molar-refractivity contribution in [3.8, 4) is 11.4 Å². The first-order valence-corrected chi connectivity index (χ1v) is 7.83. The molecule has 8 nitrogen and oxygen atoms in total. The molecule has 4 rings (SSSR count). The van der Waals surface area contributed by atoms with Crippen LogP contribution in [0, 0.1) is 6.92 Å². The highest BCUT2D eigenvalue weighted by atomic mass is 16.5. The Morgan fingerprint density at radius 2 is 2.29 bits per heavy atom. The number of nitrogens with zero attached hydrogens (tertiary/aromatic N) is 5. The topological polar surface area (TPSA) is 102 Å². The molecule has 0 bridgehead atoms. The molecule has 1 aliphatic carbocycles. The molecule has 24 heavy (non-hydrogen) atoms. The van der Waals surface area contributed by atoms with E-state index in [1.165, 1.54) is 11.1 Å². The molecule has 2 aromatic heterocycles. The van der Waals surface area contributed by atoms with Crippen molar-refractivity contribution in [3.63, 3.8) is 0 Å². The molecule has 0 amide bonds. The van der Waals surface area contributed by atoms with Gasteiger partial charge in [0.1, 0.15) is 6.33 Å². The summed E-state index contributed by atoms with van der Waals surface area (Å²) >= 11 is 0. The third kappa shape index (κ3) is 2.59. The van der Waals surface area contributed by atoms with Gasteiger partial charge in [0.05, 0.1) is 0 Å². The number of benzene rings is 1. The molecule has 0 radical (unpaired) electrons. The van der Waals surface area contributed by atoms with Crippen molar-refractivity contribution in [2.24, 2.45) is 7.05 Å². The standard InChI is InChI=1S/C16H18N6O2/c1-9-18-14(21-24-9)11-3-5-12-10(7-11)4-6-13(12)19-16(23)15-20-17-8-22(15)2/h3,5,7-8,13,16,19,23H,4,6H2,1-2H3/t13-,16?/m1/s1. The van der Waals surface area contributed by atoms with E-state index in [0.29, 0.717) is 17.5 Å². The fourth-order valence-electron chi connectivity index (χ4n) is 3.15. The van der Waals surface area contributed by atoms with Crippen molar-refractivity contribution in [1.29, 1.82) is 0 Å². The summed E-state index contributed by atoms with van der Waals surface area (Å²) < 4.78 is 6.75. The number of hydrogen-bond acceptors (Lipinski definition) is 7. The van der Waals surface area contributed by atoms with Gasteiger partial charge in [0.15, 0.2) is 12.1 Å². The predicted octanol–water partition coefficient (Wildman–Crippen LogP) is 1.44. The third-order valence-corrected chi connectivity index (χ3v) is 4.36. The second-order valence-electron chi connectivity index (χ2n) is 6.01. The van der Waals surface area contributed by atoms with Crippen molar-refractivity contribution in [2.45, 2.75) is 32.0 Å². The molecule has 8 heteroatoms. The maximum atomic E-state index is 10.3. The molecule has 124 valence electrons. The summed E-state index contributed by atoms with van der Waals surface area (Å²) in [6.45, 7) is 1.78. The van der Waals surface area contributed by atoms with Crippen LogP contribution in [0.15, 0.2) is 29.0 Å². The summed E-state index contributed by atoms with van der Waals surface area (Å²) in [4.78, 5) is 4.27. The summed E-state index contributed by atoms with van der Waals surface area (Å²) in [5, 5.41) is 25.3. The zero-order valence-corrected chi connectivity index (χ0v) is 13.5. The van der Waals surface area contributed by atoms with E-state index in [0.717, 1.165) is 18.4 Å². The molecule has 3 aromatic rings. The lowest BCUT2D eigenvalue weighted by Gasteiger charge is -2.18. The van der Waals surface area contributed by atoms with Crippen molar-refractivity contribution >= 4 is 0 Å². The molecule has 0 saturated carbocycles. The van der Waals surface area contributed by atoms with E-state index in [2.05, 4.69) is 37.8 Å². The van der Waals surface area contributed by atoms with Crippen LogP contribution in [0.4, 0.5) is 0 Å². The molecule has 2 heterocycles. The lowest BCUT2D eigenvalue weighted by molar-refractivity contribution is 0.111. The van der Waals surface area contributed by atoms with Crippen LogP contribution in [0.1, 0.15) is 41.5 Å². The van der Waals surface area contributed by atoms with Crippen molar-refractivity contribution in [2.75, 3.05) is 0 Å². The van der Waals surface area contributed by atoms with Crippen LogP contribution in [-0.2, 0) is 13.5 Å². The van der Waals surface area contributed by atoms with Gasteiger partial charge in [0.2, 0.25) is 11.7 Å². The number of aromatic nitrogens is 5. The van der Waals surface area contributed by atoms with Gasteiger partial charge in [-0.05, 0) is 30.0 Å². The smallest absolute Gasteiger partial charge is 0.223 e. The fourth-order valence-corrected chi connectivity index (χ4v) is 3.15. The molecular weight excluding hydrogens is 308 g/mol. The minimum atomic E-state index is -0.854. The third-order valence-electron chi connectivity index (χ3n) is 4.36. The van der Waals surface area contributed by atoms with E-state index in [-0.39, 0.29) is 6.04 Å². The second-order valence-corrected chi connectivity index (χ2v) is 6.01. The summed E-state index contributed by atoms with van der Waals surface area (Å²) in [6, 6.07) is 6.21. The quantitative estimate of drug-likeness (QED) is 0.699. The van der Waals surface area contributed by atoms with E-state index < -0.39 is 6.23 Å². The maximum absolute atomic E-state index is 10.3. The van der Waals surface area contributed by atoms with Gasteiger partial charge in [-0.1, -0.05) is 17.3 Å². The summed E-state index contributed by atoms with van der Waals surface area (Å²) in [5.74, 6) is 1.66. The van der Waals surface area contributed by atoms with Gasteiger partial charge in [-0.15, -0.1) is 10.2 Å². The van der Waals surface area contributed by atoms with Crippen molar-refractivity contribution in [3.05, 3.63) is 47.4 Å². The molecule has 2 atom stereocenters. The van der Waals surface area contributed by atoms with E-state index in [1.807, 2.05) is 13.1 Å². The predicted molar refractivity (Wildman–Crippen MR) is 84.6 cm³/mol. The van der Waals surface area contributed by atoms with Gasteiger partial charge in [-0.3, -0.25) is 5.32 Å². The minimum absolute atomic E-state index is 0.0766. The first kappa shape index (κ1) is 15.0. The molecule has 1 aromatic carbocycles. The first-order valence-electron chi connectivity index (χ1n) is 7.83. The van der Waals surface area contributed by atoms with E-state index in [1.54, 1.807) is 17.8 Å². The van der Waals surface area contributed by atoms with Crippen LogP contribution in [0.2, 0.25) is 0 Å². The minimum Gasteiger partial charge on any atom is -0.371 e. The second kappa shape index (κ2) is 5.81. The zero-order valence-electron chi connectivity index (χ0n) is 13.5. The Bertz CT molecular complexity index is 871. The SMILES string of the molecule is Cc1nc(-c2ccc3c(c2)CC[C@H]3NC(O)c2nncn2C)no1. The Morgan fingerprint density at radius 3 is 3.00 bits per heavy atom.